The van der Waals surface area contributed by atoms with Crippen LogP contribution in [0.15, 0.2) is 153 Å². The fourth-order valence-corrected chi connectivity index (χ4v) is 7.83. The van der Waals surface area contributed by atoms with E-state index in [1.165, 1.54) is 25.4 Å². The number of carbonyl (C=O) groups is 6. The molecule has 3 amide bonds. The maximum atomic E-state index is 14.3. The van der Waals surface area contributed by atoms with Crippen LogP contribution >= 0.6 is 15.9 Å². The maximum absolute atomic E-state index is 14.3. The van der Waals surface area contributed by atoms with Crippen LogP contribution in [0.4, 0.5) is 24.5 Å². The molecule has 0 saturated carbocycles. The molecule has 2 aromatic carbocycles. The Morgan fingerprint density at radius 1 is 0.648 bits per heavy atom. The molecule has 0 spiro atoms. The molecule has 30 heteroatoms. The number of nitrogens with two attached hydrogens (primary N) is 1. The van der Waals surface area contributed by atoms with Crippen molar-refractivity contribution in [2.24, 2.45) is 5.73 Å². The number of aromatic carboxylic acids is 1. The second-order valence-electron chi connectivity index (χ2n) is 17.9. The molecule has 0 bridgehead atoms. The van der Waals surface area contributed by atoms with Gasteiger partial charge in [0.25, 0.3) is 11.8 Å². The Morgan fingerprint density at radius 2 is 1.15 bits per heavy atom. The largest absolute Gasteiger partial charge is 0.489 e. The van der Waals surface area contributed by atoms with E-state index in [2.05, 4.69) is 76.3 Å². The highest BCUT2D eigenvalue weighted by molar-refractivity contribution is 9.08. The summed E-state index contributed by atoms with van der Waals surface area (Å²) in [5.74, 6) is -4.80. The average Bonchev–Trinajstić information content (AvgIpc) is 4.50. The summed E-state index contributed by atoms with van der Waals surface area (Å²) in [5, 5.41) is 31.2. The first-order valence-corrected chi connectivity index (χ1v) is 27.6. The molecular weight excluding hydrogens is 1220 g/mol. The third-order valence-electron chi connectivity index (χ3n) is 11.7. The first kappa shape index (κ1) is 66.5. The van der Waals surface area contributed by atoms with Crippen molar-refractivity contribution in [2.45, 2.75) is 44.4 Å². The lowest BCUT2D eigenvalue weighted by atomic mass is 10.2. The van der Waals surface area contributed by atoms with Crippen LogP contribution in [0, 0.1) is 17.5 Å². The molecule has 2 atom stereocenters. The fraction of sp³-hybridized carbons (Fsp3) is 0.224. The van der Waals surface area contributed by atoms with Crippen LogP contribution in [-0.2, 0) is 37.5 Å². The molecule has 0 radical (unpaired) electrons. The summed E-state index contributed by atoms with van der Waals surface area (Å²) in [4.78, 5) is 84.2. The van der Waals surface area contributed by atoms with E-state index in [1.807, 2.05) is 48.5 Å². The van der Waals surface area contributed by atoms with Crippen molar-refractivity contribution in [2.75, 3.05) is 50.3 Å². The van der Waals surface area contributed by atoms with Crippen molar-refractivity contribution >= 4 is 62.9 Å². The molecule has 0 aliphatic carbocycles. The number of aromatic amines is 2. The number of carboxylic acid groups (broad SMARTS) is 1. The number of ether oxygens (including phenoxy) is 4. The number of carbonyl (C=O) groups excluding carboxylic acids is 5. The number of hydrogen-bond donors (Lipinski definition) is 5. The molecule has 6 N–H and O–H groups in total. The van der Waals surface area contributed by atoms with Crippen LogP contribution in [0.3, 0.4) is 0 Å². The minimum absolute atomic E-state index is 0.0673. The zero-order chi connectivity index (χ0) is 63.5. The third kappa shape index (κ3) is 19.5. The Hall–Kier alpha value is -10.6. The predicted molar refractivity (Wildman–Crippen MR) is 314 cm³/mol. The number of para-hydroxylation sites is 4. The van der Waals surface area contributed by atoms with Crippen LogP contribution in [0.5, 0.6) is 11.5 Å². The Kier molecular flexibility index (Phi) is 25.5. The van der Waals surface area contributed by atoms with E-state index in [9.17, 15) is 41.9 Å². The minimum Gasteiger partial charge on any atom is -0.489 e. The second kappa shape index (κ2) is 33.8. The van der Waals surface area contributed by atoms with Crippen molar-refractivity contribution in [3.8, 4) is 11.5 Å². The maximum Gasteiger partial charge on any atom is 0.359 e. The number of halogens is 4. The number of likely N-dealkylation sites (N-methyl/N-ethyl adjacent to an activating group) is 2. The molecule has 7 aromatic heterocycles. The smallest absolute Gasteiger partial charge is 0.359 e. The number of carboxylic acids is 1. The van der Waals surface area contributed by atoms with Gasteiger partial charge in [-0.3, -0.25) is 48.9 Å². The van der Waals surface area contributed by atoms with E-state index >= 15 is 0 Å². The van der Waals surface area contributed by atoms with E-state index < -0.39 is 58.8 Å². The Labute approximate surface area is 508 Å². The number of aromatic nitrogens is 11. The molecule has 26 nitrogen and oxygen atoms in total. The van der Waals surface area contributed by atoms with Gasteiger partial charge in [0.15, 0.2) is 28.8 Å². The molecule has 2 aliphatic rings. The summed E-state index contributed by atoms with van der Waals surface area (Å²) >= 11 is 3.29. The topological polar surface area (TPSA) is 336 Å². The number of nitrogens with zero attached hydrogens (tertiary/aromatic N) is 11. The summed E-state index contributed by atoms with van der Waals surface area (Å²) in [6.45, 7) is 4.64. The zero-order valence-electron chi connectivity index (χ0n) is 47.6. The van der Waals surface area contributed by atoms with E-state index in [-0.39, 0.29) is 56.4 Å². The summed E-state index contributed by atoms with van der Waals surface area (Å²) in [6.07, 6.45) is 9.60. The van der Waals surface area contributed by atoms with Crippen LogP contribution in [0.1, 0.15) is 72.9 Å². The van der Waals surface area contributed by atoms with Crippen LogP contribution in [0.2, 0.25) is 0 Å². The van der Waals surface area contributed by atoms with Crippen LogP contribution in [-0.4, -0.2) is 148 Å². The molecule has 88 heavy (non-hydrogen) atoms. The van der Waals surface area contributed by atoms with Gasteiger partial charge in [0.1, 0.15) is 42.5 Å². The van der Waals surface area contributed by atoms with Gasteiger partial charge in [-0.2, -0.15) is 20.4 Å². The number of hydrogen-bond acceptors (Lipinski definition) is 18. The van der Waals surface area contributed by atoms with Crippen molar-refractivity contribution < 1.29 is 66.0 Å². The van der Waals surface area contributed by atoms with Gasteiger partial charge in [-0.15, -0.1) is 0 Å². The Bertz CT molecular complexity index is 3700. The number of anilines is 2. The lowest BCUT2D eigenvalue weighted by Gasteiger charge is -2.20. The average molecular weight is 1280 g/mol. The van der Waals surface area contributed by atoms with Gasteiger partial charge in [-0.25, -0.2) is 27.6 Å². The molecule has 0 fully saturated rings. The SMILES string of the molecule is BrCc1ccccn1.CCOC(=O)c1[nH]ncc1F.CCOC(=O)c1ccn[nH]1.CN1C(=O)[C@@H](N)COc2ccccc21.CN1C(=O)[C@@H](NC(=O)c2nn(Cc3ccccn3)cc2F)COc2ccccc21.O=C(O)c1nn(Cc2ccccn2)cc1F. The minimum atomic E-state index is -1.38. The number of fused-ring (bicyclic) bond motifs is 2. The normalized spacial score (nSPS) is 13.6. The first-order valence-electron chi connectivity index (χ1n) is 26.4. The van der Waals surface area contributed by atoms with Gasteiger partial charge in [-0.05, 0) is 80.6 Å². The van der Waals surface area contributed by atoms with E-state index in [1.54, 1.807) is 107 Å². The van der Waals surface area contributed by atoms with Crippen molar-refractivity contribution in [3.05, 3.63) is 210 Å². The molecule has 9 aromatic rings. The number of H-pyrrole nitrogens is 2. The Balaban J connectivity index is 0.000000180. The van der Waals surface area contributed by atoms with Gasteiger partial charge in [0.2, 0.25) is 11.6 Å². The lowest BCUT2D eigenvalue weighted by molar-refractivity contribution is -0.120. The summed E-state index contributed by atoms with van der Waals surface area (Å²) in [7, 11) is 3.30. The lowest BCUT2D eigenvalue weighted by Crippen LogP contribution is -2.49. The molecule has 9 heterocycles. The molecule has 11 rings (SSSR count). The number of rotatable bonds is 12. The van der Waals surface area contributed by atoms with E-state index in [4.69, 9.17) is 20.3 Å². The fourth-order valence-electron chi connectivity index (χ4n) is 7.50. The van der Waals surface area contributed by atoms with Gasteiger partial charge >= 0.3 is 17.9 Å². The van der Waals surface area contributed by atoms with Gasteiger partial charge in [-0.1, -0.05) is 58.4 Å². The predicted octanol–water partition coefficient (Wildman–Crippen LogP) is 6.44. The first-order chi connectivity index (χ1) is 42.4. The van der Waals surface area contributed by atoms with Gasteiger partial charge in [0.05, 0.1) is 73.4 Å². The third-order valence-corrected chi connectivity index (χ3v) is 12.3. The van der Waals surface area contributed by atoms with Crippen molar-refractivity contribution in [1.82, 2.24) is 60.2 Å². The monoisotopic (exact) mass is 1280 g/mol. The molecular formula is C58H59BrF3N15O11. The quantitative estimate of drug-likeness (QED) is 0.0649. The second-order valence-corrected chi connectivity index (χ2v) is 18.5. The van der Waals surface area contributed by atoms with E-state index in [0.717, 1.165) is 35.3 Å². The number of benzene rings is 2. The molecule has 2 aliphatic heterocycles. The standard InChI is InChI=1S/C20H18FN5O3.C10H8FN3O2.C10H12N2O2.C6H6BrN.C6H7FN2O2.C6H8N2O2/c1-25-16-7-2-3-8-17(16)29-12-15(20(25)28)23-19(27)18-14(21)11-26(24-18)10-13-6-4-5-9-22-13;11-8-6-14(13-9(8)10(15)16)5-7-3-1-2-4-12-7;1-12-8-4-2-3-5-9(8)14-6-7(11)10(12)13;7-5-6-3-1-2-4-8-6;1-2-11-6(10)5-4(7)3-8-9-5;1-2-10-6(9)5-3-4-7-8-5/h2-9,11,15H,10,12H2,1H3,(H,23,27);1-4,6H,5H2,(H,15,16);2-5,7H,6,11H2,1H3;1-4H,5H2;3H,2H2,1H3,(H,8,9);3-4H,2H2,1H3,(H,7,8)/t15-;;7-;;;/m0.0.../s1. The number of amides is 3. The molecule has 460 valence electrons. The highest BCUT2D eigenvalue weighted by Gasteiger charge is 2.32. The van der Waals surface area contributed by atoms with Crippen molar-refractivity contribution in [1.29, 1.82) is 0 Å². The van der Waals surface area contributed by atoms with Crippen molar-refractivity contribution in [3.63, 3.8) is 0 Å². The highest BCUT2D eigenvalue weighted by atomic mass is 79.9. The highest BCUT2D eigenvalue weighted by Crippen LogP contribution is 2.31. The Morgan fingerprint density at radius 3 is 1.61 bits per heavy atom. The molecule has 0 unspecified atom stereocenters. The number of pyridine rings is 3. The summed E-state index contributed by atoms with van der Waals surface area (Å²) < 4.78 is 62.7. The van der Waals surface area contributed by atoms with Gasteiger partial charge < -0.3 is 44.9 Å². The molecule has 0 saturated heterocycles. The van der Waals surface area contributed by atoms with E-state index in [0.29, 0.717) is 40.9 Å². The summed E-state index contributed by atoms with van der Waals surface area (Å²) in [5.41, 5.74) is 8.63. The van der Waals surface area contributed by atoms with Gasteiger partial charge in [0, 0.05) is 44.2 Å². The summed E-state index contributed by atoms with van der Waals surface area (Å²) in [6, 6.07) is 31.0. The number of esters is 2. The van der Waals surface area contributed by atoms with Crippen LogP contribution in [0.25, 0.3) is 0 Å². The van der Waals surface area contributed by atoms with Crippen LogP contribution < -0.4 is 30.3 Å². The number of nitrogens with one attached hydrogen (secondary N) is 3. The number of alkyl halides is 1. The zero-order valence-corrected chi connectivity index (χ0v) is 49.2.